The summed E-state index contributed by atoms with van der Waals surface area (Å²) in [6, 6.07) is 7.54. The summed E-state index contributed by atoms with van der Waals surface area (Å²) >= 11 is 2.19. The van der Waals surface area contributed by atoms with Gasteiger partial charge in [0.25, 0.3) is 5.91 Å². The SMILES string of the molecule is CCCC1(O)CN(C(=O)c2cccc(I)c2)C1. The van der Waals surface area contributed by atoms with Crippen molar-refractivity contribution in [3.05, 3.63) is 33.4 Å². The van der Waals surface area contributed by atoms with E-state index in [-0.39, 0.29) is 5.91 Å². The number of β-amino-alcohol motifs (C(OH)–C–C–N with tert-alkyl or cyclic N) is 1. The highest BCUT2D eigenvalue weighted by molar-refractivity contribution is 14.1. The first-order valence-corrected chi connectivity index (χ1v) is 6.89. The molecule has 3 nitrogen and oxygen atoms in total. The predicted molar refractivity (Wildman–Crippen MR) is 74.9 cm³/mol. The standard InChI is InChI=1S/C13H16INO2/c1-2-6-13(17)8-15(9-13)12(16)10-4-3-5-11(14)7-10/h3-5,7,17H,2,6,8-9H2,1H3. The normalized spacial score (nSPS) is 17.7. The lowest BCUT2D eigenvalue weighted by molar-refractivity contribution is -0.0860. The van der Waals surface area contributed by atoms with E-state index in [9.17, 15) is 9.90 Å². The van der Waals surface area contributed by atoms with Crippen LogP contribution in [0.25, 0.3) is 0 Å². The van der Waals surface area contributed by atoms with Gasteiger partial charge in [-0.05, 0) is 47.2 Å². The number of hydrogen-bond acceptors (Lipinski definition) is 2. The van der Waals surface area contributed by atoms with Crippen molar-refractivity contribution in [3.63, 3.8) is 0 Å². The molecule has 2 rings (SSSR count). The summed E-state index contributed by atoms with van der Waals surface area (Å²) in [5.74, 6) is 0.0179. The van der Waals surface area contributed by atoms with E-state index in [0.29, 0.717) is 18.7 Å². The van der Waals surface area contributed by atoms with Crippen molar-refractivity contribution in [2.75, 3.05) is 13.1 Å². The maximum absolute atomic E-state index is 12.1. The van der Waals surface area contributed by atoms with Gasteiger partial charge in [0.2, 0.25) is 0 Å². The molecule has 1 heterocycles. The lowest BCUT2D eigenvalue weighted by Crippen LogP contribution is -2.63. The average Bonchev–Trinajstić information content (AvgIpc) is 2.25. The summed E-state index contributed by atoms with van der Waals surface area (Å²) in [7, 11) is 0. The molecule has 1 amide bonds. The van der Waals surface area contributed by atoms with Crippen LogP contribution in [0.1, 0.15) is 30.1 Å². The molecule has 1 aromatic rings. The zero-order chi connectivity index (χ0) is 12.5. The average molecular weight is 345 g/mol. The van der Waals surface area contributed by atoms with Crippen LogP contribution in [0.5, 0.6) is 0 Å². The number of aliphatic hydroxyl groups is 1. The van der Waals surface area contributed by atoms with Crippen molar-refractivity contribution in [1.82, 2.24) is 4.90 Å². The van der Waals surface area contributed by atoms with Gasteiger partial charge in [-0.1, -0.05) is 19.4 Å². The minimum Gasteiger partial charge on any atom is -0.386 e. The molecule has 1 aliphatic rings. The van der Waals surface area contributed by atoms with Crippen LogP contribution in [-0.2, 0) is 0 Å². The van der Waals surface area contributed by atoms with Gasteiger partial charge in [0, 0.05) is 9.13 Å². The Kier molecular flexibility index (Phi) is 3.73. The second-order valence-electron chi connectivity index (χ2n) is 4.65. The third kappa shape index (κ3) is 2.80. The van der Waals surface area contributed by atoms with Crippen molar-refractivity contribution in [1.29, 1.82) is 0 Å². The van der Waals surface area contributed by atoms with Crippen LogP contribution in [0.4, 0.5) is 0 Å². The number of rotatable bonds is 3. The molecule has 0 bridgehead atoms. The van der Waals surface area contributed by atoms with Gasteiger partial charge in [-0.2, -0.15) is 0 Å². The van der Waals surface area contributed by atoms with Gasteiger partial charge in [-0.3, -0.25) is 4.79 Å². The van der Waals surface area contributed by atoms with Crippen LogP contribution in [0.3, 0.4) is 0 Å². The fraction of sp³-hybridized carbons (Fsp3) is 0.462. The predicted octanol–water partition coefficient (Wildman–Crippen LogP) is 2.28. The van der Waals surface area contributed by atoms with Crippen LogP contribution in [0.15, 0.2) is 24.3 Å². The largest absolute Gasteiger partial charge is 0.386 e. The summed E-state index contributed by atoms with van der Waals surface area (Å²) in [5.41, 5.74) is 0.0576. The minimum atomic E-state index is -0.646. The maximum Gasteiger partial charge on any atom is 0.254 e. The van der Waals surface area contributed by atoms with Crippen molar-refractivity contribution < 1.29 is 9.90 Å². The van der Waals surface area contributed by atoms with E-state index in [1.807, 2.05) is 31.2 Å². The molecule has 17 heavy (non-hydrogen) atoms. The molecule has 1 saturated heterocycles. The molecule has 0 aliphatic carbocycles. The zero-order valence-electron chi connectivity index (χ0n) is 9.82. The third-order valence-corrected chi connectivity index (χ3v) is 3.72. The fourth-order valence-corrected chi connectivity index (χ4v) is 2.78. The van der Waals surface area contributed by atoms with Gasteiger partial charge >= 0.3 is 0 Å². The molecule has 1 aromatic carbocycles. The molecule has 0 atom stereocenters. The molecule has 1 N–H and O–H groups in total. The number of likely N-dealkylation sites (tertiary alicyclic amines) is 1. The molecule has 4 heteroatoms. The molecular weight excluding hydrogens is 329 g/mol. The van der Waals surface area contributed by atoms with Crippen LogP contribution in [0, 0.1) is 3.57 Å². The monoisotopic (exact) mass is 345 g/mol. The molecule has 0 unspecified atom stereocenters. The molecule has 1 aliphatic heterocycles. The minimum absolute atomic E-state index is 0.0179. The van der Waals surface area contributed by atoms with E-state index in [2.05, 4.69) is 22.6 Å². The molecule has 1 fully saturated rings. The highest BCUT2D eigenvalue weighted by atomic mass is 127. The lowest BCUT2D eigenvalue weighted by Gasteiger charge is -2.46. The van der Waals surface area contributed by atoms with Crippen molar-refractivity contribution in [2.45, 2.75) is 25.4 Å². The summed E-state index contributed by atoms with van der Waals surface area (Å²) in [4.78, 5) is 13.8. The number of carbonyl (C=O) groups excluding carboxylic acids is 1. The van der Waals surface area contributed by atoms with E-state index >= 15 is 0 Å². The van der Waals surface area contributed by atoms with Crippen LogP contribution < -0.4 is 0 Å². The molecule has 92 valence electrons. The Labute approximate surface area is 115 Å². The number of benzene rings is 1. The maximum atomic E-state index is 12.1. The van der Waals surface area contributed by atoms with Crippen LogP contribution in [-0.4, -0.2) is 34.6 Å². The topological polar surface area (TPSA) is 40.5 Å². The third-order valence-electron chi connectivity index (χ3n) is 3.04. The first-order chi connectivity index (χ1) is 8.04. The summed E-state index contributed by atoms with van der Waals surface area (Å²) in [5, 5.41) is 10.0. The Morgan fingerprint density at radius 3 is 2.82 bits per heavy atom. The Bertz CT molecular complexity index is 427. The Hall–Kier alpha value is -0.620. The van der Waals surface area contributed by atoms with E-state index < -0.39 is 5.60 Å². The summed E-state index contributed by atoms with van der Waals surface area (Å²) in [6.45, 7) is 2.97. The van der Waals surface area contributed by atoms with Gasteiger partial charge < -0.3 is 10.0 Å². The second kappa shape index (κ2) is 4.94. The number of carbonyl (C=O) groups is 1. The molecule has 0 radical (unpaired) electrons. The van der Waals surface area contributed by atoms with Gasteiger partial charge in [0.05, 0.1) is 18.7 Å². The van der Waals surface area contributed by atoms with Gasteiger partial charge in [-0.25, -0.2) is 0 Å². The van der Waals surface area contributed by atoms with Crippen molar-refractivity contribution >= 4 is 28.5 Å². The second-order valence-corrected chi connectivity index (χ2v) is 5.89. The Morgan fingerprint density at radius 2 is 2.24 bits per heavy atom. The Balaban J connectivity index is 2.00. The van der Waals surface area contributed by atoms with E-state index in [4.69, 9.17) is 0 Å². The van der Waals surface area contributed by atoms with Crippen LogP contribution in [0.2, 0.25) is 0 Å². The van der Waals surface area contributed by atoms with Crippen molar-refractivity contribution in [2.24, 2.45) is 0 Å². The first-order valence-electron chi connectivity index (χ1n) is 5.81. The molecule has 0 aromatic heterocycles. The van der Waals surface area contributed by atoms with Gasteiger partial charge in [0.15, 0.2) is 0 Å². The molecule has 0 spiro atoms. The fourth-order valence-electron chi connectivity index (χ4n) is 2.24. The van der Waals surface area contributed by atoms with Gasteiger partial charge in [-0.15, -0.1) is 0 Å². The zero-order valence-corrected chi connectivity index (χ0v) is 12.0. The van der Waals surface area contributed by atoms with E-state index in [1.165, 1.54) is 0 Å². The van der Waals surface area contributed by atoms with Crippen LogP contribution >= 0.6 is 22.6 Å². The summed E-state index contributed by atoms with van der Waals surface area (Å²) < 4.78 is 1.05. The Morgan fingerprint density at radius 1 is 1.53 bits per heavy atom. The number of amides is 1. The van der Waals surface area contributed by atoms with E-state index in [0.717, 1.165) is 16.4 Å². The number of nitrogens with zero attached hydrogens (tertiary/aromatic N) is 1. The summed E-state index contributed by atoms with van der Waals surface area (Å²) in [6.07, 6.45) is 1.71. The molecule has 0 saturated carbocycles. The lowest BCUT2D eigenvalue weighted by atomic mass is 9.89. The number of halogens is 1. The number of hydrogen-bond donors (Lipinski definition) is 1. The van der Waals surface area contributed by atoms with Gasteiger partial charge in [0.1, 0.15) is 0 Å². The molecular formula is C13H16INO2. The highest BCUT2D eigenvalue weighted by Crippen LogP contribution is 2.27. The first kappa shape index (κ1) is 12.8. The highest BCUT2D eigenvalue weighted by Gasteiger charge is 2.42. The quantitative estimate of drug-likeness (QED) is 0.854. The van der Waals surface area contributed by atoms with Crippen molar-refractivity contribution in [3.8, 4) is 0 Å². The van der Waals surface area contributed by atoms with E-state index in [1.54, 1.807) is 4.90 Å². The smallest absolute Gasteiger partial charge is 0.254 e.